The first-order valence-electron chi connectivity index (χ1n) is 7.27. The third-order valence-corrected chi connectivity index (χ3v) is 4.00. The SMILES string of the molecule is C[C@H](CNC(=O)c1ccccc1NS(C)(=O)=O)c1ccccc1. The Morgan fingerprint density at radius 3 is 2.30 bits per heavy atom. The van der Waals surface area contributed by atoms with Crippen LogP contribution in [-0.4, -0.2) is 27.1 Å². The minimum Gasteiger partial charge on any atom is -0.351 e. The molecule has 0 fully saturated rings. The summed E-state index contributed by atoms with van der Waals surface area (Å²) in [4.78, 5) is 12.3. The number of para-hydroxylation sites is 1. The molecular formula is C17H20N2O3S. The van der Waals surface area contributed by atoms with Gasteiger partial charge in [-0.25, -0.2) is 8.42 Å². The van der Waals surface area contributed by atoms with Gasteiger partial charge in [-0.15, -0.1) is 0 Å². The summed E-state index contributed by atoms with van der Waals surface area (Å²) in [6, 6.07) is 16.4. The lowest BCUT2D eigenvalue weighted by molar-refractivity contribution is 0.0952. The lowest BCUT2D eigenvalue weighted by Gasteiger charge is -2.15. The summed E-state index contributed by atoms with van der Waals surface area (Å²) < 4.78 is 25.1. The number of amides is 1. The molecule has 0 saturated heterocycles. The van der Waals surface area contributed by atoms with Gasteiger partial charge in [0.05, 0.1) is 17.5 Å². The lowest BCUT2D eigenvalue weighted by Crippen LogP contribution is -2.28. The van der Waals surface area contributed by atoms with Crippen molar-refractivity contribution in [1.82, 2.24) is 5.32 Å². The zero-order chi connectivity index (χ0) is 16.9. The van der Waals surface area contributed by atoms with Gasteiger partial charge in [-0.2, -0.15) is 0 Å². The van der Waals surface area contributed by atoms with Crippen molar-refractivity contribution in [2.45, 2.75) is 12.8 Å². The van der Waals surface area contributed by atoms with E-state index in [9.17, 15) is 13.2 Å². The molecule has 2 aromatic rings. The number of rotatable bonds is 6. The fourth-order valence-electron chi connectivity index (χ4n) is 2.21. The van der Waals surface area contributed by atoms with Gasteiger partial charge in [0.15, 0.2) is 0 Å². The van der Waals surface area contributed by atoms with E-state index in [1.807, 2.05) is 37.3 Å². The minimum atomic E-state index is -3.44. The molecule has 1 atom stereocenters. The average Bonchev–Trinajstić information content (AvgIpc) is 2.52. The molecule has 1 amide bonds. The van der Waals surface area contributed by atoms with Crippen molar-refractivity contribution < 1.29 is 13.2 Å². The van der Waals surface area contributed by atoms with Gasteiger partial charge in [0, 0.05) is 6.54 Å². The van der Waals surface area contributed by atoms with Gasteiger partial charge in [0.25, 0.3) is 5.91 Å². The third kappa shape index (κ3) is 5.10. The second-order valence-electron chi connectivity index (χ2n) is 5.44. The molecule has 0 radical (unpaired) electrons. The van der Waals surface area contributed by atoms with Crippen LogP contribution in [0.15, 0.2) is 54.6 Å². The standard InChI is InChI=1S/C17H20N2O3S/c1-13(14-8-4-3-5-9-14)12-18-17(20)15-10-6-7-11-16(15)19-23(2,21)22/h3-11,13,19H,12H2,1-2H3,(H,18,20)/t13-/m1/s1. The number of benzene rings is 2. The van der Waals surface area contributed by atoms with Crippen molar-refractivity contribution in [1.29, 1.82) is 0 Å². The maximum Gasteiger partial charge on any atom is 0.253 e. The highest BCUT2D eigenvalue weighted by molar-refractivity contribution is 7.92. The van der Waals surface area contributed by atoms with Crippen molar-refractivity contribution in [3.63, 3.8) is 0 Å². The molecule has 0 saturated carbocycles. The summed E-state index contributed by atoms with van der Waals surface area (Å²) in [7, 11) is -3.44. The smallest absolute Gasteiger partial charge is 0.253 e. The molecule has 23 heavy (non-hydrogen) atoms. The van der Waals surface area contributed by atoms with E-state index in [1.54, 1.807) is 24.3 Å². The fourth-order valence-corrected chi connectivity index (χ4v) is 2.79. The summed E-state index contributed by atoms with van der Waals surface area (Å²) in [5, 5.41) is 2.85. The third-order valence-electron chi connectivity index (χ3n) is 3.40. The molecule has 0 aromatic heterocycles. The van der Waals surface area contributed by atoms with Crippen LogP contribution in [-0.2, 0) is 10.0 Å². The monoisotopic (exact) mass is 332 g/mol. The van der Waals surface area contributed by atoms with E-state index in [2.05, 4.69) is 10.0 Å². The van der Waals surface area contributed by atoms with E-state index < -0.39 is 10.0 Å². The Hall–Kier alpha value is -2.34. The van der Waals surface area contributed by atoms with Gasteiger partial charge >= 0.3 is 0 Å². The number of nitrogens with one attached hydrogen (secondary N) is 2. The zero-order valence-corrected chi connectivity index (χ0v) is 13.9. The van der Waals surface area contributed by atoms with Crippen LogP contribution in [0.5, 0.6) is 0 Å². The Morgan fingerprint density at radius 2 is 1.65 bits per heavy atom. The number of sulfonamides is 1. The highest BCUT2D eigenvalue weighted by Gasteiger charge is 2.14. The van der Waals surface area contributed by atoms with Crippen LogP contribution in [0.25, 0.3) is 0 Å². The van der Waals surface area contributed by atoms with Gasteiger partial charge < -0.3 is 5.32 Å². The predicted molar refractivity (Wildman–Crippen MR) is 92.1 cm³/mol. The van der Waals surface area contributed by atoms with Crippen molar-refractivity contribution in [2.24, 2.45) is 0 Å². The lowest BCUT2D eigenvalue weighted by atomic mass is 10.0. The molecule has 0 bridgehead atoms. The average molecular weight is 332 g/mol. The van der Waals surface area contributed by atoms with Crippen LogP contribution in [0.3, 0.4) is 0 Å². The highest BCUT2D eigenvalue weighted by atomic mass is 32.2. The van der Waals surface area contributed by atoms with Gasteiger partial charge in [0.1, 0.15) is 0 Å². The molecule has 0 unspecified atom stereocenters. The largest absolute Gasteiger partial charge is 0.351 e. The van der Waals surface area contributed by atoms with Crippen molar-refractivity contribution >= 4 is 21.6 Å². The van der Waals surface area contributed by atoms with Crippen LogP contribution >= 0.6 is 0 Å². The summed E-state index contributed by atoms with van der Waals surface area (Å²) in [5.74, 6) is -0.144. The minimum absolute atomic E-state index is 0.162. The molecule has 0 aliphatic carbocycles. The van der Waals surface area contributed by atoms with Crippen molar-refractivity contribution in [2.75, 3.05) is 17.5 Å². The first-order valence-corrected chi connectivity index (χ1v) is 9.16. The Kier molecular flexibility index (Phi) is 5.39. The van der Waals surface area contributed by atoms with Crippen molar-refractivity contribution in [3.8, 4) is 0 Å². The number of carbonyl (C=O) groups is 1. The van der Waals surface area contributed by atoms with Gasteiger partial charge in [0.2, 0.25) is 10.0 Å². The summed E-state index contributed by atoms with van der Waals surface area (Å²) in [6.45, 7) is 2.49. The number of carbonyl (C=O) groups excluding carboxylic acids is 1. The molecule has 2 rings (SSSR count). The van der Waals surface area contributed by atoms with E-state index in [1.165, 1.54) is 0 Å². The molecule has 2 aromatic carbocycles. The van der Waals surface area contributed by atoms with E-state index >= 15 is 0 Å². The second-order valence-corrected chi connectivity index (χ2v) is 7.19. The fraction of sp³-hybridized carbons (Fsp3) is 0.235. The molecule has 6 heteroatoms. The zero-order valence-electron chi connectivity index (χ0n) is 13.1. The van der Waals surface area contributed by atoms with Gasteiger partial charge in [-0.05, 0) is 23.6 Å². The van der Waals surface area contributed by atoms with Gasteiger partial charge in [-0.3, -0.25) is 9.52 Å². The molecule has 122 valence electrons. The van der Waals surface area contributed by atoms with Crippen LogP contribution in [0.4, 0.5) is 5.69 Å². The first-order chi connectivity index (χ1) is 10.9. The number of anilines is 1. The van der Waals surface area contributed by atoms with Crippen LogP contribution in [0, 0.1) is 0 Å². The highest BCUT2D eigenvalue weighted by Crippen LogP contribution is 2.17. The summed E-state index contributed by atoms with van der Waals surface area (Å²) in [5.41, 5.74) is 1.72. The van der Waals surface area contributed by atoms with Crippen molar-refractivity contribution in [3.05, 3.63) is 65.7 Å². The van der Waals surface area contributed by atoms with E-state index in [-0.39, 0.29) is 17.5 Å². The van der Waals surface area contributed by atoms with E-state index in [0.717, 1.165) is 11.8 Å². The molecular weight excluding hydrogens is 312 g/mol. The topological polar surface area (TPSA) is 75.3 Å². The van der Waals surface area contributed by atoms with Crippen LogP contribution < -0.4 is 10.0 Å². The maximum atomic E-state index is 12.3. The molecule has 2 N–H and O–H groups in total. The molecule has 5 nitrogen and oxygen atoms in total. The Bertz CT molecular complexity index is 773. The molecule has 0 spiro atoms. The maximum absolute atomic E-state index is 12.3. The van der Waals surface area contributed by atoms with E-state index in [4.69, 9.17) is 0 Å². The Labute approximate surface area is 136 Å². The van der Waals surface area contributed by atoms with Gasteiger partial charge in [-0.1, -0.05) is 49.4 Å². The first kappa shape index (κ1) is 17.0. The molecule has 0 aliphatic heterocycles. The second kappa shape index (κ2) is 7.28. The normalized spacial score (nSPS) is 12.4. The molecule has 0 aliphatic rings. The number of hydrogen-bond donors (Lipinski definition) is 2. The van der Waals surface area contributed by atoms with Crippen LogP contribution in [0.2, 0.25) is 0 Å². The Morgan fingerprint density at radius 1 is 1.04 bits per heavy atom. The van der Waals surface area contributed by atoms with E-state index in [0.29, 0.717) is 12.1 Å². The summed E-state index contributed by atoms with van der Waals surface area (Å²) >= 11 is 0. The molecule has 0 heterocycles. The number of hydrogen-bond acceptors (Lipinski definition) is 3. The van der Waals surface area contributed by atoms with Crippen LogP contribution in [0.1, 0.15) is 28.8 Å². The predicted octanol–water partition coefficient (Wildman–Crippen LogP) is 2.59. The summed E-state index contributed by atoms with van der Waals surface area (Å²) in [6.07, 6.45) is 1.05. The quantitative estimate of drug-likeness (QED) is 0.854. The Balaban J connectivity index is 2.07.